The van der Waals surface area contributed by atoms with Gasteiger partial charge in [-0.2, -0.15) is 35.1 Å². The Balaban J connectivity index is 1.98. The SMILES string of the molecule is FC1(F)CC(OC2CC(F)(F)C2(F)F)C1(F)F. The molecule has 0 bridgehead atoms. The standard InChI is InChI=1S/C8H6F8O/c9-5(10)1-3(7(5,13)14)17-4-2-6(11,12)8(4,15)16/h3-4H,1-2H2. The average Bonchev–Trinajstić information content (AvgIpc) is 2.15. The molecule has 2 aliphatic rings. The lowest BCUT2D eigenvalue weighted by molar-refractivity contribution is -0.399. The van der Waals surface area contributed by atoms with Crippen LogP contribution in [0.4, 0.5) is 35.1 Å². The largest absolute Gasteiger partial charge is 0.361 e. The van der Waals surface area contributed by atoms with Crippen molar-refractivity contribution < 1.29 is 39.9 Å². The van der Waals surface area contributed by atoms with Crippen LogP contribution >= 0.6 is 0 Å². The molecule has 9 heteroatoms. The molecular formula is C8H6F8O. The summed E-state index contributed by atoms with van der Waals surface area (Å²) in [6.45, 7) is 0. The topological polar surface area (TPSA) is 9.23 Å². The van der Waals surface area contributed by atoms with Crippen LogP contribution in [0, 0.1) is 0 Å². The van der Waals surface area contributed by atoms with Gasteiger partial charge in [0, 0.05) is 0 Å². The molecule has 100 valence electrons. The van der Waals surface area contributed by atoms with Gasteiger partial charge in [0.15, 0.2) is 0 Å². The summed E-state index contributed by atoms with van der Waals surface area (Å²) >= 11 is 0. The summed E-state index contributed by atoms with van der Waals surface area (Å²) in [5.74, 6) is -17.8. The van der Waals surface area contributed by atoms with Crippen LogP contribution in [0.5, 0.6) is 0 Å². The van der Waals surface area contributed by atoms with E-state index in [0.717, 1.165) is 0 Å². The Morgan fingerprint density at radius 2 is 0.941 bits per heavy atom. The zero-order chi connectivity index (χ0) is 13.3. The van der Waals surface area contributed by atoms with E-state index in [-0.39, 0.29) is 0 Å². The first kappa shape index (κ1) is 12.8. The normalized spacial score (nSPS) is 40.2. The number of hydrogen-bond acceptors (Lipinski definition) is 1. The monoisotopic (exact) mass is 270 g/mol. The highest BCUT2D eigenvalue weighted by Crippen LogP contribution is 2.57. The molecule has 2 aliphatic carbocycles. The van der Waals surface area contributed by atoms with Gasteiger partial charge in [-0.25, -0.2) is 0 Å². The van der Waals surface area contributed by atoms with Gasteiger partial charge in [0.05, 0.1) is 12.8 Å². The summed E-state index contributed by atoms with van der Waals surface area (Å²) in [4.78, 5) is 0. The van der Waals surface area contributed by atoms with Crippen molar-refractivity contribution in [3.63, 3.8) is 0 Å². The van der Waals surface area contributed by atoms with Crippen molar-refractivity contribution >= 4 is 0 Å². The predicted molar refractivity (Wildman–Crippen MR) is 37.7 cm³/mol. The maximum atomic E-state index is 12.6. The van der Waals surface area contributed by atoms with E-state index in [1.54, 1.807) is 0 Å². The van der Waals surface area contributed by atoms with Gasteiger partial charge >= 0.3 is 23.7 Å². The van der Waals surface area contributed by atoms with Crippen LogP contribution in [0.25, 0.3) is 0 Å². The molecule has 0 aromatic heterocycles. The molecule has 0 aromatic carbocycles. The Bertz CT molecular complexity index is 306. The fourth-order valence-electron chi connectivity index (χ4n) is 1.67. The molecule has 1 nitrogen and oxygen atoms in total. The average molecular weight is 270 g/mol. The summed E-state index contributed by atoms with van der Waals surface area (Å²) in [7, 11) is 0. The second kappa shape index (κ2) is 3.04. The summed E-state index contributed by atoms with van der Waals surface area (Å²) in [6.07, 6.45) is -7.77. The first-order chi connectivity index (χ1) is 7.42. The van der Waals surface area contributed by atoms with E-state index in [0.29, 0.717) is 0 Å². The first-order valence-corrected chi connectivity index (χ1v) is 4.58. The van der Waals surface area contributed by atoms with E-state index in [1.165, 1.54) is 0 Å². The van der Waals surface area contributed by atoms with E-state index in [2.05, 4.69) is 4.74 Å². The minimum Gasteiger partial charge on any atom is -0.361 e. The summed E-state index contributed by atoms with van der Waals surface area (Å²) in [6, 6.07) is 0. The molecule has 2 atom stereocenters. The highest BCUT2D eigenvalue weighted by atomic mass is 19.3. The summed E-state index contributed by atoms with van der Waals surface area (Å²) in [5.41, 5.74) is 0. The fraction of sp³-hybridized carbons (Fsp3) is 1.00. The third-order valence-corrected chi connectivity index (χ3v) is 3.00. The fourth-order valence-corrected chi connectivity index (χ4v) is 1.67. The van der Waals surface area contributed by atoms with Crippen molar-refractivity contribution in [1.29, 1.82) is 0 Å². The Morgan fingerprint density at radius 1 is 0.647 bits per heavy atom. The van der Waals surface area contributed by atoms with E-state index >= 15 is 0 Å². The number of hydrogen-bond donors (Lipinski definition) is 0. The molecule has 0 aliphatic heterocycles. The number of alkyl halides is 8. The summed E-state index contributed by atoms with van der Waals surface area (Å²) < 4.78 is 104. The van der Waals surface area contributed by atoms with Gasteiger partial charge in [-0.15, -0.1) is 0 Å². The Morgan fingerprint density at radius 3 is 1.12 bits per heavy atom. The van der Waals surface area contributed by atoms with Crippen LogP contribution in [-0.2, 0) is 4.74 Å². The molecule has 0 N–H and O–H groups in total. The second-order valence-corrected chi connectivity index (χ2v) is 4.18. The maximum Gasteiger partial charge on any atom is 0.335 e. The van der Waals surface area contributed by atoms with Crippen LogP contribution in [0.2, 0.25) is 0 Å². The van der Waals surface area contributed by atoms with Gasteiger partial charge in [0.1, 0.15) is 12.2 Å². The quantitative estimate of drug-likeness (QED) is 0.701. The van der Waals surface area contributed by atoms with Gasteiger partial charge in [-0.1, -0.05) is 0 Å². The molecule has 0 heterocycles. The molecule has 2 fully saturated rings. The van der Waals surface area contributed by atoms with E-state index in [9.17, 15) is 35.1 Å². The van der Waals surface area contributed by atoms with Crippen LogP contribution in [0.1, 0.15) is 12.8 Å². The summed E-state index contributed by atoms with van der Waals surface area (Å²) in [5, 5.41) is 0. The Hall–Kier alpha value is -0.600. The first-order valence-electron chi connectivity index (χ1n) is 4.58. The van der Waals surface area contributed by atoms with Crippen LogP contribution in [-0.4, -0.2) is 35.9 Å². The molecule has 17 heavy (non-hydrogen) atoms. The highest BCUT2D eigenvalue weighted by molar-refractivity contribution is 5.10. The lowest BCUT2D eigenvalue weighted by Crippen LogP contribution is -2.69. The number of halogens is 8. The third kappa shape index (κ3) is 1.47. The Labute approximate surface area is 89.7 Å². The van der Waals surface area contributed by atoms with Gasteiger partial charge in [-0.3, -0.25) is 0 Å². The third-order valence-electron chi connectivity index (χ3n) is 3.00. The second-order valence-electron chi connectivity index (χ2n) is 4.18. The minimum absolute atomic E-state index is 1.45. The zero-order valence-electron chi connectivity index (χ0n) is 8.00. The van der Waals surface area contributed by atoms with Gasteiger partial charge in [-0.05, 0) is 0 Å². The molecule has 0 radical (unpaired) electrons. The molecule has 0 amide bonds. The molecule has 0 spiro atoms. The molecular weight excluding hydrogens is 264 g/mol. The molecule has 2 unspecified atom stereocenters. The van der Waals surface area contributed by atoms with Crippen LogP contribution in [0.3, 0.4) is 0 Å². The van der Waals surface area contributed by atoms with Crippen molar-refractivity contribution in [2.75, 3.05) is 0 Å². The molecule has 0 saturated heterocycles. The van der Waals surface area contributed by atoms with Gasteiger partial charge < -0.3 is 4.74 Å². The number of ether oxygens (including phenoxy) is 1. The van der Waals surface area contributed by atoms with Gasteiger partial charge in [0.2, 0.25) is 0 Å². The number of rotatable bonds is 2. The van der Waals surface area contributed by atoms with Crippen LogP contribution < -0.4 is 0 Å². The van der Waals surface area contributed by atoms with Crippen molar-refractivity contribution in [1.82, 2.24) is 0 Å². The van der Waals surface area contributed by atoms with Crippen LogP contribution in [0.15, 0.2) is 0 Å². The van der Waals surface area contributed by atoms with E-state index in [1.807, 2.05) is 0 Å². The Kier molecular flexibility index (Phi) is 2.30. The smallest absolute Gasteiger partial charge is 0.335 e. The lowest BCUT2D eigenvalue weighted by Gasteiger charge is -2.49. The van der Waals surface area contributed by atoms with Crippen molar-refractivity contribution in [3.05, 3.63) is 0 Å². The zero-order valence-corrected chi connectivity index (χ0v) is 8.00. The van der Waals surface area contributed by atoms with E-state index in [4.69, 9.17) is 0 Å². The predicted octanol–water partition coefficient (Wildman–Crippen LogP) is 3.09. The van der Waals surface area contributed by atoms with Crippen molar-refractivity contribution in [2.24, 2.45) is 0 Å². The lowest BCUT2D eigenvalue weighted by atomic mass is 9.82. The molecule has 2 saturated carbocycles. The van der Waals surface area contributed by atoms with Crippen molar-refractivity contribution in [2.45, 2.75) is 48.7 Å². The maximum absolute atomic E-state index is 12.6. The van der Waals surface area contributed by atoms with Gasteiger partial charge in [0.25, 0.3) is 0 Å². The van der Waals surface area contributed by atoms with E-state index < -0.39 is 48.7 Å². The van der Waals surface area contributed by atoms with Crippen molar-refractivity contribution in [3.8, 4) is 0 Å². The molecule has 0 aromatic rings. The highest BCUT2D eigenvalue weighted by Gasteiger charge is 2.78. The minimum atomic E-state index is -4.59. The molecule has 2 rings (SSSR count).